The summed E-state index contributed by atoms with van der Waals surface area (Å²) in [7, 11) is 0. The van der Waals surface area contributed by atoms with E-state index in [0.717, 1.165) is 52.2 Å². The molecule has 2 aliphatic heterocycles. The minimum absolute atomic E-state index is 0.0779. The molecule has 0 aromatic heterocycles. The number of carbonyl (C=O) groups excluding carboxylic acids is 2. The molecule has 1 atom stereocenters. The van der Waals surface area contributed by atoms with Gasteiger partial charge in [0.05, 0.1) is 19.1 Å². The van der Waals surface area contributed by atoms with E-state index in [9.17, 15) is 9.59 Å². The third kappa shape index (κ3) is 3.98. The van der Waals surface area contributed by atoms with Gasteiger partial charge >= 0.3 is 0 Å². The second-order valence-electron chi connectivity index (χ2n) is 6.68. The van der Waals surface area contributed by atoms with Gasteiger partial charge in [0.2, 0.25) is 11.8 Å². The van der Waals surface area contributed by atoms with Crippen molar-refractivity contribution in [3.05, 3.63) is 0 Å². The van der Waals surface area contributed by atoms with Crippen LogP contribution in [0.4, 0.5) is 0 Å². The first kappa shape index (κ1) is 15.7. The van der Waals surface area contributed by atoms with Crippen LogP contribution in [0.2, 0.25) is 0 Å². The molecule has 1 N–H and O–H groups in total. The molecule has 6 nitrogen and oxygen atoms in total. The molecule has 1 saturated carbocycles. The van der Waals surface area contributed by atoms with Gasteiger partial charge in [-0.05, 0) is 12.8 Å². The number of carbonyl (C=O) groups is 2. The van der Waals surface area contributed by atoms with E-state index >= 15 is 0 Å². The first-order valence-corrected chi connectivity index (χ1v) is 8.60. The van der Waals surface area contributed by atoms with Crippen molar-refractivity contribution in [3.8, 4) is 0 Å². The number of rotatable bonds is 5. The Hall–Kier alpha value is -1.14. The SMILES string of the molecule is O=C(NC1CCCC1)C1CC(=O)N(CCN2CCOCC2)C1. The zero-order valence-corrected chi connectivity index (χ0v) is 13.3. The Morgan fingerprint density at radius 2 is 1.91 bits per heavy atom. The molecule has 3 fully saturated rings. The molecule has 124 valence electrons. The summed E-state index contributed by atoms with van der Waals surface area (Å²) < 4.78 is 5.33. The molecule has 22 heavy (non-hydrogen) atoms. The van der Waals surface area contributed by atoms with E-state index in [4.69, 9.17) is 4.74 Å². The minimum atomic E-state index is -0.155. The maximum atomic E-state index is 12.3. The maximum Gasteiger partial charge on any atom is 0.225 e. The Morgan fingerprint density at radius 1 is 1.18 bits per heavy atom. The molecule has 3 aliphatic rings. The van der Waals surface area contributed by atoms with Crippen LogP contribution in [0, 0.1) is 5.92 Å². The molecule has 1 unspecified atom stereocenters. The number of amides is 2. The minimum Gasteiger partial charge on any atom is -0.379 e. The quantitative estimate of drug-likeness (QED) is 0.789. The van der Waals surface area contributed by atoms with Crippen LogP contribution in [0.25, 0.3) is 0 Å². The van der Waals surface area contributed by atoms with Gasteiger partial charge < -0.3 is 15.0 Å². The summed E-state index contributed by atoms with van der Waals surface area (Å²) in [5.41, 5.74) is 0. The fraction of sp³-hybridized carbons (Fsp3) is 0.875. The lowest BCUT2D eigenvalue weighted by molar-refractivity contribution is -0.129. The molecular formula is C16H27N3O3. The third-order valence-electron chi connectivity index (χ3n) is 5.08. The normalized spacial score (nSPS) is 27.5. The first-order chi connectivity index (χ1) is 10.7. The fourth-order valence-electron chi connectivity index (χ4n) is 3.64. The van der Waals surface area contributed by atoms with Gasteiger partial charge in [0.15, 0.2) is 0 Å². The van der Waals surface area contributed by atoms with E-state index in [1.165, 1.54) is 12.8 Å². The van der Waals surface area contributed by atoms with Crippen LogP contribution in [0.1, 0.15) is 32.1 Å². The molecular weight excluding hydrogens is 282 g/mol. The Bertz CT molecular complexity index is 403. The van der Waals surface area contributed by atoms with Crippen LogP contribution >= 0.6 is 0 Å². The predicted molar refractivity (Wildman–Crippen MR) is 82.3 cm³/mol. The van der Waals surface area contributed by atoms with Crippen LogP contribution in [0.15, 0.2) is 0 Å². The number of ether oxygens (including phenoxy) is 1. The molecule has 3 rings (SSSR count). The number of nitrogens with one attached hydrogen (secondary N) is 1. The van der Waals surface area contributed by atoms with Crippen molar-refractivity contribution in [1.29, 1.82) is 0 Å². The highest BCUT2D eigenvalue weighted by molar-refractivity contribution is 5.89. The van der Waals surface area contributed by atoms with Gasteiger partial charge in [-0.25, -0.2) is 0 Å². The Morgan fingerprint density at radius 3 is 2.64 bits per heavy atom. The number of morpholine rings is 1. The highest BCUT2D eigenvalue weighted by Gasteiger charge is 2.35. The Kier molecular flexibility index (Phi) is 5.31. The second kappa shape index (κ2) is 7.42. The lowest BCUT2D eigenvalue weighted by atomic mass is 10.1. The lowest BCUT2D eigenvalue weighted by Gasteiger charge is -2.28. The zero-order chi connectivity index (χ0) is 15.4. The smallest absolute Gasteiger partial charge is 0.225 e. The van der Waals surface area contributed by atoms with Crippen LogP contribution < -0.4 is 5.32 Å². The van der Waals surface area contributed by atoms with Crippen molar-refractivity contribution in [2.24, 2.45) is 5.92 Å². The highest BCUT2D eigenvalue weighted by atomic mass is 16.5. The number of hydrogen-bond donors (Lipinski definition) is 1. The average molecular weight is 309 g/mol. The first-order valence-electron chi connectivity index (χ1n) is 8.60. The van der Waals surface area contributed by atoms with Crippen LogP contribution in [-0.2, 0) is 14.3 Å². The summed E-state index contributed by atoms with van der Waals surface area (Å²) >= 11 is 0. The summed E-state index contributed by atoms with van der Waals surface area (Å²) in [6, 6.07) is 0.338. The molecule has 2 amide bonds. The molecule has 1 aliphatic carbocycles. The van der Waals surface area contributed by atoms with E-state index in [0.29, 0.717) is 19.0 Å². The molecule has 0 aromatic rings. The topological polar surface area (TPSA) is 61.9 Å². The summed E-state index contributed by atoms with van der Waals surface area (Å²) in [4.78, 5) is 28.6. The van der Waals surface area contributed by atoms with Crippen molar-refractivity contribution >= 4 is 11.8 Å². The van der Waals surface area contributed by atoms with Crippen molar-refractivity contribution in [3.63, 3.8) is 0 Å². The monoisotopic (exact) mass is 309 g/mol. The average Bonchev–Trinajstić information content (AvgIpc) is 3.16. The highest BCUT2D eigenvalue weighted by Crippen LogP contribution is 2.21. The van der Waals surface area contributed by atoms with Gasteiger partial charge in [-0.15, -0.1) is 0 Å². The number of likely N-dealkylation sites (tertiary alicyclic amines) is 1. The standard InChI is InChI=1S/C16H27N3O3/c20-15-11-13(16(21)17-14-3-1-2-4-14)12-19(15)6-5-18-7-9-22-10-8-18/h13-14H,1-12H2,(H,17,21). The molecule has 0 spiro atoms. The lowest BCUT2D eigenvalue weighted by Crippen LogP contribution is -2.42. The van der Waals surface area contributed by atoms with E-state index in [1.54, 1.807) is 0 Å². The molecule has 0 radical (unpaired) electrons. The fourth-order valence-corrected chi connectivity index (χ4v) is 3.64. The van der Waals surface area contributed by atoms with Crippen LogP contribution in [-0.4, -0.2) is 73.6 Å². The molecule has 0 aromatic carbocycles. The van der Waals surface area contributed by atoms with Crippen molar-refractivity contribution < 1.29 is 14.3 Å². The number of hydrogen-bond acceptors (Lipinski definition) is 4. The Balaban J connectivity index is 1.42. The molecule has 2 saturated heterocycles. The van der Waals surface area contributed by atoms with Crippen molar-refractivity contribution in [2.45, 2.75) is 38.1 Å². The van der Waals surface area contributed by atoms with E-state index in [2.05, 4.69) is 10.2 Å². The summed E-state index contributed by atoms with van der Waals surface area (Å²) in [5.74, 6) is 0.0479. The zero-order valence-electron chi connectivity index (χ0n) is 13.3. The van der Waals surface area contributed by atoms with Gasteiger partial charge in [-0.3, -0.25) is 14.5 Å². The largest absolute Gasteiger partial charge is 0.379 e. The van der Waals surface area contributed by atoms with E-state index < -0.39 is 0 Å². The van der Waals surface area contributed by atoms with Gasteiger partial charge in [0, 0.05) is 45.2 Å². The predicted octanol–water partition coefficient (Wildman–Crippen LogP) is 0.226. The van der Waals surface area contributed by atoms with E-state index in [-0.39, 0.29) is 17.7 Å². The van der Waals surface area contributed by atoms with E-state index in [1.807, 2.05) is 4.90 Å². The van der Waals surface area contributed by atoms with Crippen molar-refractivity contribution in [2.75, 3.05) is 45.9 Å². The molecule has 2 heterocycles. The van der Waals surface area contributed by atoms with Gasteiger partial charge in [-0.2, -0.15) is 0 Å². The van der Waals surface area contributed by atoms with Gasteiger partial charge in [0.25, 0.3) is 0 Å². The number of nitrogens with zero attached hydrogens (tertiary/aromatic N) is 2. The van der Waals surface area contributed by atoms with Crippen LogP contribution in [0.5, 0.6) is 0 Å². The maximum absolute atomic E-state index is 12.3. The summed E-state index contributed by atoms with van der Waals surface area (Å²) in [6.07, 6.45) is 4.97. The Labute approximate surface area is 132 Å². The molecule has 6 heteroatoms. The van der Waals surface area contributed by atoms with Crippen molar-refractivity contribution in [1.82, 2.24) is 15.1 Å². The third-order valence-corrected chi connectivity index (χ3v) is 5.08. The van der Waals surface area contributed by atoms with Crippen LogP contribution in [0.3, 0.4) is 0 Å². The second-order valence-corrected chi connectivity index (χ2v) is 6.68. The van der Waals surface area contributed by atoms with Gasteiger partial charge in [0.1, 0.15) is 0 Å². The van der Waals surface area contributed by atoms with Gasteiger partial charge in [-0.1, -0.05) is 12.8 Å². The summed E-state index contributed by atoms with van der Waals surface area (Å²) in [5, 5.41) is 3.12. The summed E-state index contributed by atoms with van der Waals surface area (Å²) in [6.45, 7) is 5.63. The molecule has 0 bridgehead atoms.